The van der Waals surface area contributed by atoms with Gasteiger partial charge in [-0.15, -0.1) is 11.3 Å². The second kappa shape index (κ2) is 7.13. The summed E-state index contributed by atoms with van der Waals surface area (Å²) in [6.45, 7) is 2.63. The predicted molar refractivity (Wildman–Crippen MR) is 88.5 cm³/mol. The van der Waals surface area contributed by atoms with Crippen LogP contribution in [0.5, 0.6) is 5.75 Å². The van der Waals surface area contributed by atoms with Crippen LogP contribution >= 0.6 is 11.3 Å². The van der Waals surface area contributed by atoms with Crippen molar-refractivity contribution in [2.45, 2.75) is 19.8 Å². The lowest BCUT2D eigenvalue weighted by Gasteiger charge is -2.05. The van der Waals surface area contributed by atoms with Gasteiger partial charge < -0.3 is 15.8 Å². The van der Waals surface area contributed by atoms with Crippen LogP contribution in [0.3, 0.4) is 0 Å². The van der Waals surface area contributed by atoms with E-state index in [1.165, 1.54) is 16.9 Å². The van der Waals surface area contributed by atoms with E-state index in [4.69, 9.17) is 10.5 Å². The van der Waals surface area contributed by atoms with Gasteiger partial charge in [0.15, 0.2) is 5.78 Å². The number of hydrogen-bond donors (Lipinski definition) is 2. The molecule has 0 fully saturated rings. The highest BCUT2D eigenvalue weighted by Crippen LogP contribution is 2.30. The van der Waals surface area contributed by atoms with E-state index in [0.717, 1.165) is 23.7 Å². The summed E-state index contributed by atoms with van der Waals surface area (Å²) in [5.41, 5.74) is 7.64. The Balaban J connectivity index is 1.93. The van der Waals surface area contributed by atoms with Crippen LogP contribution in [-0.2, 0) is 6.42 Å². The highest BCUT2D eigenvalue weighted by molar-refractivity contribution is 7.18. The first-order valence-electron chi connectivity index (χ1n) is 6.93. The summed E-state index contributed by atoms with van der Waals surface area (Å²) >= 11 is 1.42. The molecule has 2 rings (SSSR count). The number of ether oxygens (including phenoxy) is 1. The van der Waals surface area contributed by atoms with Crippen LogP contribution in [0.2, 0.25) is 0 Å². The second-order valence-corrected chi connectivity index (χ2v) is 5.75. The SMILES string of the molecule is CCC(=O)c1sc(NCCc2cccc(OC)c2)cc1N. The zero-order valence-electron chi connectivity index (χ0n) is 12.3. The Hall–Kier alpha value is -2.01. The number of anilines is 2. The first-order chi connectivity index (χ1) is 10.1. The normalized spacial score (nSPS) is 10.4. The summed E-state index contributed by atoms with van der Waals surface area (Å²) in [5.74, 6) is 0.960. The first kappa shape index (κ1) is 15.4. The molecule has 0 unspecified atom stereocenters. The van der Waals surface area contributed by atoms with Crippen LogP contribution in [0.4, 0.5) is 10.7 Å². The van der Waals surface area contributed by atoms with Crippen LogP contribution in [0.1, 0.15) is 28.6 Å². The fourth-order valence-corrected chi connectivity index (χ4v) is 3.04. The van der Waals surface area contributed by atoms with Crippen molar-refractivity contribution in [1.29, 1.82) is 0 Å². The molecule has 1 heterocycles. The maximum Gasteiger partial charge on any atom is 0.174 e. The van der Waals surface area contributed by atoms with E-state index in [1.807, 2.05) is 31.2 Å². The van der Waals surface area contributed by atoms with Crippen molar-refractivity contribution in [3.8, 4) is 5.75 Å². The third-order valence-electron chi connectivity index (χ3n) is 3.18. The van der Waals surface area contributed by atoms with Crippen LogP contribution in [-0.4, -0.2) is 19.4 Å². The number of carbonyl (C=O) groups excluding carboxylic acids is 1. The summed E-state index contributed by atoms with van der Waals surface area (Å²) in [6, 6.07) is 9.84. The zero-order chi connectivity index (χ0) is 15.2. The summed E-state index contributed by atoms with van der Waals surface area (Å²) in [5, 5.41) is 4.25. The number of ketones is 1. The van der Waals surface area contributed by atoms with E-state index >= 15 is 0 Å². The average molecular weight is 304 g/mol. The van der Waals surface area contributed by atoms with Gasteiger partial charge in [-0.3, -0.25) is 4.79 Å². The molecule has 0 amide bonds. The van der Waals surface area contributed by atoms with Gasteiger partial charge in [-0.1, -0.05) is 19.1 Å². The van der Waals surface area contributed by atoms with Crippen LogP contribution in [0.15, 0.2) is 30.3 Å². The van der Waals surface area contributed by atoms with E-state index in [1.54, 1.807) is 7.11 Å². The number of nitrogens with two attached hydrogens (primary N) is 1. The molecule has 0 radical (unpaired) electrons. The molecular weight excluding hydrogens is 284 g/mol. The predicted octanol–water partition coefficient (Wildman–Crippen LogP) is 3.59. The van der Waals surface area contributed by atoms with Crippen molar-refractivity contribution < 1.29 is 9.53 Å². The molecule has 0 spiro atoms. The molecule has 0 saturated heterocycles. The number of Topliss-reactive ketones (excluding diaryl/α,β-unsaturated/α-hetero) is 1. The minimum atomic E-state index is 0.0957. The molecule has 3 N–H and O–H groups in total. The molecule has 0 aliphatic heterocycles. The third-order valence-corrected chi connectivity index (χ3v) is 4.33. The summed E-state index contributed by atoms with van der Waals surface area (Å²) in [6.07, 6.45) is 1.36. The quantitative estimate of drug-likeness (QED) is 0.767. The molecule has 112 valence electrons. The second-order valence-electron chi connectivity index (χ2n) is 4.70. The Morgan fingerprint density at radius 1 is 1.38 bits per heavy atom. The Morgan fingerprint density at radius 2 is 2.19 bits per heavy atom. The van der Waals surface area contributed by atoms with Crippen molar-refractivity contribution >= 4 is 27.8 Å². The fraction of sp³-hybridized carbons (Fsp3) is 0.312. The third kappa shape index (κ3) is 3.98. The highest BCUT2D eigenvalue weighted by atomic mass is 32.1. The van der Waals surface area contributed by atoms with E-state index in [-0.39, 0.29) is 5.78 Å². The fourth-order valence-electron chi connectivity index (χ4n) is 2.03. The standard InChI is InChI=1S/C16H20N2O2S/c1-3-14(19)16-13(17)10-15(21-16)18-8-7-11-5-4-6-12(9-11)20-2/h4-6,9-10,18H,3,7-8,17H2,1-2H3. The molecular formula is C16H20N2O2S. The molecule has 5 heteroatoms. The molecule has 0 aliphatic carbocycles. The summed E-state index contributed by atoms with van der Waals surface area (Å²) in [7, 11) is 1.66. The smallest absolute Gasteiger partial charge is 0.174 e. The van der Waals surface area contributed by atoms with Crippen molar-refractivity contribution in [3.63, 3.8) is 0 Å². The number of hydrogen-bond acceptors (Lipinski definition) is 5. The zero-order valence-corrected chi connectivity index (χ0v) is 13.1. The van der Waals surface area contributed by atoms with Gasteiger partial charge in [-0.05, 0) is 30.2 Å². The van der Waals surface area contributed by atoms with Crippen molar-refractivity contribution in [2.24, 2.45) is 0 Å². The van der Waals surface area contributed by atoms with Gasteiger partial charge in [-0.2, -0.15) is 0 Å². The van der Waals surface area contributed by atoms with Crippen molar-refractivity contribution in [3.05, 3.63) is 40.8 Å². The van der Waals surface area contributed by atoms with E-state index in [9.17, 15) is 4.79 Å². The number of carbonyl (C=O) groups is 1. The molecule has 21 heavy (non-hydrogen) atoms. The highest BCUT2D eigenvalue weighted by Gasteiger charge is 2.12. The Morgan fingerprint density at radius 3 is 2.90 bits per heavy atom. The Kier molecular flexibility index (Phi) is 5.22. The monoisotopic (exact) mass is 304 g/mol. The van der Waals surface area contributed by atoms with Crippen LogP contribution < -0.4 is 15.8 Å². The van der Waals surface area contributed by atoms with Gasteiger partial charge in [0, 0.05) is 13.0 Å². The lowest BCUT2D eigenvalue weighted by Crippen LogP contribution is -2.03. The van der Waals surface area contributed by atoms with Crippen LogP contribution in [0.25, 0.3) is 0 Å². The summed E-state index contributed by atoms with van der Waals surface area (Å²) in [4.78, 5) is 12.4. The number of benzene rings is 1. The largest absolute Gasteiger partial charge is 0.497 e. The topological polar surface area (TPSA) is 64.3 Å². The molecule has 0 atom stereocenters. The maximum absolute atomic E-state index is 11.7. The molecule has 0 aliphatic rings. The van der Waals surface area contributed by atoms with Crippen LogP contribution in [0, 0.1) is 0 Å². The number of methoxy groups -OCH3 is 1. The minimum Gasteiger partial charge on any atom is -0.497 e. The van der Waals surface area contributed by atoms with E-state index in [2.05, 4.69) is 11.4 Å². The minimum absolute atomic E-state index is 0.0957. The lowest BCUT2D eigenvalue weighted by molar-refractivity contribution is 0.0993. The van der Waals surface area contributed by atoms with Gasteiger partial charge in [-0.25, -0.2) is 0 Å². The van der Waals surface area contributed by atoms with Gasteiger partial charge >= 0.3 is 0 Å². The maximum atomic E-state index is 11.7. The van der Waals surface area contributed by atoms with Crippen molar-refractivity contribution in [2.75, 3.05) is 24.7 Å². The molecule has 1 aromatic carbocycles. The van der Waals surface area contributed by atoms with Gasteiger partial charge in [0.25, 0.3) is 0 Å². The number of nitrogens with one attached hydrogen (secondary N) is 1. The lowest BCUT2D eigenvalue weighted by atomic mass is 10.1. The molecule has 0 saturated carbocycles. The molecule has 2 aromatic rings. The van der Waals surface area contributed by atoms with E-state index in [0.29, 0.717) is 17.0 Å². The first-order valence-corrected chi connectivity index (χ1v) is 7.75. The Bertz CT molecular complexity index is 622. The number of thiophene rings is 1. The molecule has 1 aromatic heterocycles. The van der Waals surface area contributed by atoms with Gasteiger partial charge in [0.1, 0.15) is 5.75 Å². The average Bonchev–Trinajstić information content (AvgIpc) is 2.87. The van der Waals surface area contributed by atoms with Gasteiger partial charge in [0.05, 0.1) is 22.7 Å². The Labute approximate surface area is 128 Å². The number of nitrogen functional groups attached to an aromatic ring is 1. The van der Waals surface area contributed by atoms with Crippen molar-refractivity contribution in [1.82, 2.24) is 0 Å². The summed E-state index contributed by atoms with van der Waals surface area (Å²) < 4.78 is 5.20. The molecule has 0 bridgehead atoms. The molecule has 4 nitrogen and oxygen atoms in total. The number of rotatable bonds is 7. The van der Waals surface area contributed by atoms with Gasteiger partial charge in [0.2, 0.25) is 0 Å². The van der Waals surface area contributed by atoms with E-state index < -0.39 is 0 Å².